The molecular formula is C9H7BrO2. The van der Waals surface area contributed by atoms with E-state index in [9.17, 15) is 0 Å². The maximum absolute atomic E-state index is 8.80. The number of benzene rings is 1. The van der Waals surface area contributed by atoms with E-state index >= 15 is 0 Å². The van der Waals surface area contributed by atoms with E-state index in [1.54, 1.807) is 0 Å². The molecule has 0 atom stereocenters. The Kier molecular flexibility index (Phi) is 1.90. The van der Waals surface area contributed by atoms with Crippen LogP contribution in [-0.2, 0) is 6.61 Å². The van der Waals surface area contributed by atoms with Crippen LogP contribution in [-0.4, -0.2) is 5.11 Å². The van der Waals surface area contributed by atoms with Crippen molar-refractivity contribution in [1.82, 2.24) is 0 Å². The van der Waals surface area contributed by atoms with E-state index in [1.165, 1.54) is 0 Å². The van der Waals surface area contributed by atoms with Crippen LogP contribution in [0, 0.1) is 0 Å². The van der Waals surface area contributed by atoms with Crippen LogP contribution in [0.3, 0.4) is 0 Å². The molecule has 0 aliphatic carbocycles. The maximum atomic E-state index is 8.80. The van der Waals surface area contributed by atoms with Crippen molar-refractivity contribution in [1.29, 1.82) is 0 Å². The first kappa shape index (κ1) is 7.83. The first-order valence-corrected chi connectivity index (χ1v) is 4.38. The summed E-state index contributed by atoms with van der Waals surface area (Å²) in [4.78, 5) is 0. The van der Waals surface area contributed by atoms with Crippen LogP contribution in [0.25, 0.3) is 11.0 Å². The Hall–Kier alpha value is -0.800. The summed E-state index contributed by atoms with van der Waals surface area (Å²) in [5, 5.41) is 9.82. The van der Waals surface area contributed by atoms with Gasteiger partial charge < -0.3 is 9.52 Å². The lowest BCUT2D eigenvalue weighted by molar-refractivity contribution is 0.251. The summed E-state index contributed by atoms with van der Waals surface area (Å²) in [5.41, 5.74) is 0.799. The van der Waals surface area contributed by atoms with E-state index < -0.39 is 0 Å². The minimum atomic E-state index is -0.0493. The van der Waals surface area contributed by atoms with Gasteiger partial charge in [-0.05, 0) is 24.3 Å². The monoisotopic (exact) mass is 226 g/mol. The third-order valence-electron chi connectivity index (χ3n) is 1.69. The Balaban J connectivity index is 2.67. The molecule has 1 aromatic carbocycles. The Morgan fingerprint density at radius 3 is 2.92 bits per heavy atom. The number of aliphatic hydroxyl groups is 1. The lowest BCUT2D eigenvalue weighted by Crippen LogP contribution is -1.72. The highest BCUT2D eigenvalue weighted by molar-refractivity contribution is 9.10. The van der Waals surface area contributed by atoms with Crippen LogP contribution in [0.1, 0.15) is 5.76 Å². The van der Waals surface area contributed by atoms with Crippen molar-refractivity contribution < 1.29 is 9.52 Å². The van der Waals surface area contributed by atoms with Gasteiger partial charge >= 0.3 is 0 Å². The SMILES string of the molecule is OCc1cc2ccc(Br)cc2o1. The standard InChI is InChI=1S/C9H7BrO2/c10-7-2-1-6-3-8(5-11)12-9(6)4-7/h1-4,11H,5H2. The number of furan rings is 1. The van der Waals surface area contributed by atoms with Crippen LogP contribution in [0.2, 0.25) is 0 Å². The Bertz CT molecular complexity index is 406. The van der Waals surface area contributed by atoms with Crippen molar-refractivity contribution in [3.05, 3.63) is 34.5 Å². The summed E-state index contributed by atoms with van der Waals surface area (Å²) >= 11 is 3.34. The van der Waals surface area contributed by atoms with Crippen molar-refractivity contribution in [2.24, 2.45) is 0 Å². The van der Waals surface area contributed by atoms with Gasteiger partial charge in [0.15, 0.2) is 0 Å². The molecule has 0 amide bonds. The van der Waals surface area contributed by atoms with E-state index in [4.69, 9.17) is 9.52 Å². The van der Waals surface area contributed by atoms with Crippen LogP contribution >= 0.6 is 15.9 Å². The fourth-order valence-electron chi connectivity index (χ4n) is 1.14. The molecule has 1 aromatic heterocycles. The highest BCUT2D eigenvalue weighted by Gasteiger charge is 2.01. The minimum Gasteiger partial charge on any atom is -0.459 e. The zero-order valence-corrected chi connectivity index (χ0v) is 7.84. The molecule has 1 heterocycles. The van der Waals surface area contributed by atoms with E-state index in [0.717, 1.165) is 15.4 Å². The summed E-state index contributed by atoms with van der Waals surface area (Å²) in [6, 6.07) is 7.61. The Morgan fingerprint density at radius 1 is 1.33 bits per heavy atom. The second-order valence-corrected chi connectivity index (χ2v) is 3.47. The largest absolute Gasteiger partial charge is 0.459 e. The summed E-state index contributed by atoms with van der Waals surface area (Å²) < 4.78 is 6.30. The first-order valence-electron chi connectivity index (χ1n) is 3.58. The lowest BCUT2D eigenvalue weighted by Gasteiger charge is -1.88. The Labute approximate surface area is 77.9 Å². The van der Waals surface area contributed by atoms with Gasteiger partial charge in [0.05, 0.1) is 0 Å². The van der Waals surface area contributed by atoms with E-state index in [-0.39, 0.29) is 6.61 Å². The van der Waals surface area contributed by atoms with Gasteiger partial charge in [0.1, 0.15) is 18.0 Å². The molecule has 1 N–H and O–H groups in total. The number of rotatable bonds is 1. The molecule has 62 valence electrons. The molecule has 0 saturated heterocycles. The number of fused-ring (bicyclic) bond motifs is 1. The van der Waals surface area contributed by atoms with Crippen LogP contribution in [0.15, 0.2) is 33.2 Å². The van der Waals surface area contributed by atoms with Gasteiger partial charge in [-0.3, -0.25) is 0 Å². The summed E-state index contributed by atoms with van der Waals surface area (Å²) in [7, 11) is 0. The molecule has 0 radical (unpaired) electrons. The number of halogens is 1. The van der Waals surface area contributed by atoms with E-state index in [2.05, 4.69) is 15.9 Å². The summed E-state index contributed by atoms with van der Waals surface area (Å²) in [5.74, 6) is 0.600. The van der Waals surface area contributed by atoms with Gasteiger partial charge in [-0.1, -0.05) is 15.9 Å². The molecule has 0 saturated carbocycles. The third-order valence-corrected chi connectivity index (χ3v) is 2.18. The van der Waals surface area contributed by atoms with Crippen molar-refractivity contribution in [2.75, 3.05) is 0 Å². The summed E-state index contributed by atoms with van der Waals surface area (Å²) in [6.07, 6.45) is 0. The quantitative estimate of drug-likeness (QED) is 0.812. The molecular weight excluding hydrogens is 220 g/mol. The zero-order chi connectivity index (χ0) is 8.55. The van der Waals surface area contributed by atoms with Crippen LogP contribution < -0.4 is 0 Å². The van der Waals surface area contributed by atoms with Crippen LogP contribution in [0.5, 0.6) is 0 Å². The molecule has 0 bridgehead atoms. The lowest BCUT2D eigenvalue weighted by atomic mass is 10.2. The average Bonchev–Trinajstić information content (AvgIpc) is 2.46. The van der Waals surface area contributed by atoms with Gasteiger partial charge in [0.2, 0.25) is 0 Å². The molecule has 0 aliphatic rings. The smallest absolute Gasteiger partial charge is 0.135 e. The van der Waals surface area contributed by atoms with Crippen molar-refractivity contribution >= 4 is 26.9 Å². The fraction of sp³-hybridized carbons (Fsp3) is 0.111. The van der Waals surface area contributed by atoms with Crippen LogP contribution in [0.4, 0.5) is 0 Å². The van der Waals surface area contributed by atoms with Gasteiger partial charge in [0, 0.05) is 9.86 Å². The van der Waals surface area contributed by atoms with Crippen molar-refractivity contribution in [3.63, 3.8) is 0 Å². The highest BCUT2D eigenvalue weighted by atomic mass is 79.9. The van der Waals surface area contributed by atoms with Gasteiger partial charge in [-0.2, -0.15) is 0 Å². The zero-order valence-electron chi connectivity index (χ0n) is 6.25. The third kappa shape index (κ3) is 1.26. The Morgan fingerprint density at radius 2 is 2.17 bits per heavy atom. The van der Waals surface area contributed by atoms with Gasteiger partial charge in [-0.25, -0.2) is 0 Å². The molecule has 12 heavy (non-hydrogen) atoms. The van der Waals surface area contributed by atoms with E-state index in [0.29, 0.717) is 5.76 Å². The average molecular weight is 227 g/mol. The molecule has 0 spiro atoms. The number of hydrogen-bond acceptors (Lipinski definition) is 2. The van der Waals surface area contributed by atoms with Crippen molar-refractivity contribution in [2.45, 2.75) is 6.61 Å². The number of hydrogen-bond donors (Lipinski definition) is 1. The molecule has 0 unspecified atom stereocenters. The molecule has 0 fully saturated rings. The van der Waals surface area contributed by atoms with Gasteiger partial charge in [-0.15, -0.1) is 0 Å². The molecule has 2 aromatic rings. The molecule has 2 rings (SSSR count). The molecule has 2 nitrogen and oxygen atoms in total. The predicted molar refractivity (Wildman–Crippen MR) is 49.8 cm³/mol. The number of aliphatic hydroxyl groups excluding tert-OH is 1. The summed E-state index contributed by atoms with van der Waals surface area (Å²) in [6.45, 7) is -0.0493. The fourth-order valence-corrected chi connectivity index (χ4v) is 1.48. The first-order chi connectivity index (χ1) is 5.79. The second kappa shape index (κ2) is 2.92. The minimum absolute atomic E-state index is 0.0493. The maximum Gasteiger partial charge on any atom is 0.135 e. The normalized spacial score (nSPS) is 10.8. The topological polar surface area (TPSA) is 33.4 Å². The molecule has 0 aliphatic heterocycles. The molecule has 3 heteroatoms. The predicted octanol–water partition coefficient (Wildman–Crippen LogP) is 2.69. The van der Waals surface area contributed by atoms with E-state index in [1.807, 2.05) is 24.3 Å². The van der Waals surface area contributed by atoms with Gasteiger partial charge in [0.25, 0.3) is 0 Å². The highest BCUT2D eigenvalue weighted by Crippen LogP contribution is 2.22. The second-order valence-electron chi connectivity index (χ2n) is 2.55. The van der Waals surface area contributed by atoms with Crippen molar-refractivity contribution in [3.8, 4) is 0 Å².